The summed E-state index contributed by atoms with van der Waals surface area (Å²) in [6.45, 7) is 8.05. The lowest BCUT2D eigenvalue weighted by atomic mass is 10.0. The predicted octanol–water partition coefficient (Wildman–Crippen LogP) is 4.91. The monoisotopic (exact) mass is 288 g/mol. The minimum absolute atomic E-state index is 0.506. The molecule has 0 spiro atoms. The summed E-state index contributed by atoms with van der Waals surface area (Å²) < 4.78 is 0. The van der Waals surface area contributed by atoms with Gasteiger partial charge in [-0.1, -0.05) is 45.2 Å². The quantitative estimate of drug-likeness (QED) is 0.800. The molecule has 0 aromatic heterocycles. The first-order chi connectivity index (χ1) is 10.3. The number of benzene rings is 1. The molecule has 1 aromatic carbocycles. The van der Waals surface area contributed by atoms with E-state index in [9.17, 15) is 0 Å². The van der Waals surface area contributed by atoms with Gasteiger partial charge in [0.05, 0.1) is 0 Å². The summed E-state index contributed by atoms with van der Waals surface area (Å²) in [6, 6.07) is 9.81. The number of hydrogen-bond acceptors (Lipinski definition) is 2. The van der Waals surface area contributed by atoms with Crippen molar-refractivity contribution in [3.8, 4) is 0 Å². The van der Waals surface area contributed by atoms with E-state index < -0.39 is 0 Å². The average molecular weight is 288 g/mol. The Labute approximate surface area is 130 Å². The highest BCUT2D eigenvalue weighted by atomic mass is 15.1. The topological polar surface area (TPSA) is 15.3 Å². The lowest BCUT2D eigenvalue weighted by molar-refractivity contribution is 0.518. The Morgan fingerprint density at radius 3 is 2.14 bits per heavy atom. The van der Waals surface area contributed by atoms with Crippen LogP contribution in [0.4, 0.5) is 5.69 Å². The molecule has 1 atom stereocenters. The zero-order chi connectivity index (χ0) is 14.9. The molecule has 2 nitrogen and oxygen atoms in total. The van der Waals surface area contributed by atoms with Crippen LogP contribution >= 0.6 is 0 Å². The molecule has 21 heavy (non-hydrogen) atoms. The van der Waals surface area contributed by atoms with Crippen molar-refractivity contribution in [2.45, 2.75) is 64.8 Å². The smallest absolute Gasteiger partial charge is 0.0366 e. The van der Waals surface area contributed by atoms with Crippen LogP contribution in [0.3, 0.4) is 0 Å². The Morgan fingerprint density at radius 2 is 1.57 bits per heavy atom. The summed E-state index contributed by atoms with van der Waals surface area (Å²) in [5.74, 6) is 0. The fourth-order valence-corrected chi connectivity index (χ4v) is 3.24. The molecule has 2 heteroatoms. The van der Waals surface area contributed by atoms with Crippen molar-refractivity contribution >= 4 is 5.69 Å². The number of nitrogens with one attached hydrogen (secondary N) is 1. The normalized spacial score (nSPS) is 18.1. The zero-order valence-electron chi connectivity index (χ0n) is 13.9. The molecule has 1 aromatic rings. The van der Waals surface area contributed by atoms with Crippen LogP contribution in [0.15, 0.2) is 24.3 Å². The molecular formula is C19H32N2. The summed E-state index contributed by atoms with van der Waals surface area (Å²) >= 11 is 0. The maximum Gasteiger partial charge on any atom is 0.0366 e. The largest absolute Gasteiger partial charge is 0.372 e. The van der Waals surface area contributed by atoms with E-state index in [1.54, 1.807) is 0 Å². The SMILES string of the molecule is CCCNC(CC)c1ccc(N2CCCCCCC2)cc1. The van der Waals surface area contributed by atoms with Crippen LogP contribution < -0.4 is 10.2 Å². The molecule has 0 bridgehead atoms. The van der Waals surface area contributed by atoms with Crippen LogP contribution in [0.25, 0.3) is 0 Å². The van der Waals surface area contributed by atoms with Gasteiger partial charge in [-0.25, -0.2) is 0 Å². The minimum atomic E-state index is 0.506. The molecule has 0 saturated carbocycles. The van der Waals surface area contributed by atoms with E-state index >= 15 is 0 Å². The van der Waals surface area contributed by atoms with Crippen molar-refractivity contribution in [2.24, 2.45) is 0 Å². The molecule has 1 aliphatic rings. The summed E-state index contributed by atoms with van der Waals surface area (Å²) in [5, 5.41) is 3.64. The third-order valence-corrected chi connectivity index (χ3v) is 4.57. The molecule has 118 valence electrons. The first-order valence-electron chi connectivity index (χ1n) is 8.93. The van der Waals surface area contributed by atoms with Crippen LogP contribution in [0.1, 0.15) is 70.4 Å². The Kier molecular flexibility index (Phi) is 7.08. The van der Waals surface area contributed by atoms with Gasteiger partial charge < -0.3 is 10.2 Å². The van der Waals surface area contributed by atoms with Gasteiger partial charge in [0.1, 0.15) is 0 Å². The molecule has 1 N–H and O–H groups in total. The molecule has 0 amide bonds. The Balaban J connectivity index is 1.99. The molecule has 0 radical (unpaired) electrons. The fourth-order valence-electron chi connectivity index (χ4n) is 3.24. The number of nitrogens with zero attached hydrogens (tertiary/aromatic N) is 1. The average Bonchev–Trinajstić information content (AvgIpc) is 2.49. The van der Waals surface area contributed by atoms with Crippen molar-refractivity contribution in [1.29, 1.82) is 0 Å². The number of rotatable bonds is 6. The molecular weight excluding hydrogens is 256 g/mol. The predicted molar refractivity (Wildman–Crippen MR) is 93.1 cm³/mol. The third-order valence-electron chi connectivity index (χ3n) is 4.57. The number of hydrogen-bond donors (Lipinski definition) is 1. The number of anilines is 1. The van der Waals surface area contributed by atoms with Crippen molar-refractivity contribution < 1.29 is 0 Å². The van der Waals surface area contributed by atoms with E-state index in [1.807, 2.05) is 0 Å². The van der Waals surface area contributed by atoms with Gasteiger partial charge in [0.25, 0.3) is 0 Å². The van der Waals surface area contributed by atoms with Gasteiger partial charge in [-0.05, 0) is 49.9 Å². The van der Waals surface area contributed by atoms with Crippen LogP contribution in [-0.4, -0.2) is 19.6 Å². The highest BCUT2D eigenvalue weighted by molar-refractivity contribution is 5.48. The zero-order valence-corrected chi connectivity index (χ0v) is 13.9. The molecule has 1 fully saturated rings. The van der Waals surface area contributed by atoms with E-state index in [4.69, 9.17) is 0 Å². The molecule has 1 aliphatic heterocycles. The van der Waals surface area contributed by atoms with E-state index in [0.29, 0.717) is 6.04 Å². The van der Waals surface area contributed by atoms with Crippen LogP contribution in [0, 0.1) is 0 Å². The molecule has 2 rings (SSSR count). The summed E-state index contributed by atoms with van der Waals surface area (Å²) in [6.07, 6.45) is 9.26. The van der Waals surface area contributed by atoms with Crippen LogP contribution in [-0.2, 0) is 0 Å². The molecule has 1 unspecified atom stereocenters. The van der Waals surface area contributed by atoms with Gasteiger partial charge in [0.2, 0.25) is 0 Å². The van der Waals surface area contributed by atoms with Gasteiger partial charge in [-0.3, -0.25) is 0 Å². The van der Waals surface area contributed by atoms with E-state index in [0.717, 1.165) is 13.0 Å². The van der Waals surface area contributed by atoms with Crippen LogP contribution in [0.2, 0.25) is 0 Å². The lowest BCUT2D eigenvalue weighted by Gasteiger charge is -2.27. The van der Waals surface area contributed by atoms with Gasteiger partial charge in [-0.2, -0.15) is 0 Å². The Bertz CT molecular complexity index is 377. The van der Waals surface area contributed by atoms with Gasteiger partial charge in [0, 0.05) is 24.8 Å². The standard InChI is InChI=1S/C19H32N2/c1-3-14-20-19(4-2)17-10-12-18(13-11-17)21-15-8-6-5-7-9-16-21/h10-13,19-20H,3-9,14-16H2,1-2H3. The first kappa shape index (κ1) is 16.4. The Hall–Kier alpha value is -1.02. The maximum absolute atomic E-state index is 3.64. The highest BCUT2D eigenvalue weighted by Gasteiger charge is 2.11. The van der Waals surface area contributed by atoms with E-state index in [-0.39, 0.29) is 0 Å². The third kappa shape index (κ3) is 5.03. The summed E-state index contributed by atoms with van der Waals surface area (Å²) in [5.41, 5.74) is 2.84. The van der Waals surface area contributed by atoms with Gasteiger partial charge in [0.15, 0.2) is 0 Å². The summed E-state index contributed by atoms with van der Waals surface area (Å²) in [7, 11) is 0. The van der Waals surface area contributed by atoms with E-state index in [2.05, 4.69) is 48.3 Å². The second-order valence-corrected chi connectivity index (χ2v) is 6.26. The minimum Gasteiger partial charge on any atom is -0.372 e. The molecule has 0 aliphatic carbocycles. The van der Waals surface area contributed by atoms with Crippen molar-refractivity contribution in [1.82, 2.24) is 5.32 Å². The second-order valence-electron chi connectivity index (χ2n) is 6.26. The first-order valence-corrected chi connectivity index (χ1v) is 8.93. The highest BCUT2D eigenvalue weighted by Crippen LogP contribution is 2.23. The fraction of sp³-hybridized carbons (Fsp3) is 0.684. The van der Waals surface area contributed by atoms with Crippen molar-refractivity contribution in [2.75, 3.05) is 24.5 Å². The van der Waals surface area contributed by atoms with Crippen molar-refractivity contribution in [3.05, 3.63) is 29.8 Å². The van der Waals surface area contributed by atoms with Crippen molar-refractivity contribution in [3.63, 3.8) is 0 Å². The molecule has 1 heterocycles. The van der Waals surface area contributed by atoms with Crippen LogP contribution in [0.5, 0.6) is 0 Å². The Morgan fingerprint density at radius 1 is 0.952 bits per heavy atom. The second kappa shape index (κ2) is 9.09. The van der Waals surface area contributed by atoms with Gasteiger partial charge in [-0.15, -0.1) is 0 Å². The summed E-state index contributed by atoms with van der Waals surface area (Å²) in [4.78, 5) is 2.57. The molecule has 1 saturated heterocycles. The van der Waals surface area contributed by atoms with Gasteiger partial charge >= 0.3 is 0 Å². The van der Waals surface area contributed by atoms with E-state index in [1.165, 1.54) is 62.9 Å². The lowest BCUT2D eigenvalue weighted by Crippen LogP contribution is -2.27. The maximum atomic E-state index is 3.64.